The summed E-state index contributed by atoms with van der Waals surface area (Å²) in [7, 11) is 0. The van der Waals surface area contributed by atoms with Gasteiger partial charge in [-0.1, -0.05) is 18.2 Å². The zero-order chi connectivity index (χ0) is 15.8. The lowest BCUT2D eigenvalue weighted by molar-refractivity contribution is 0.0737. The van der Waals surface area contributed by atoms with Gasteiger partial charge in [-0.2, -0.15) is 0 Å². The Balaban J connectivity index is 1.66. The van der Waals surface area contributed by atoms with Gasteiger partial charge in [0.05, 0.1) is 28.5 Å². The van der Waals surface area contributed by atoms with Crippen molar-refractivity contribution in [1.82, 2.24) is 14.9 Å². The van der Waals surface area contributed by atoms with E-state index in [1.165, 1.54) is 0 Å². The van der Waals surface area contributed by atoms with Gasteiger partial charge >= 0.3 is 0 Å². The number of fused-ring (bicyclic) bond motifs is 1. The molecule has 1 aromatic carbocycles. The van der Waals surface area contributed by atoms with Crippen LogP contribution in [0.5, 0.6) is 0 Å². The van der Waals surface area contributed by atoms with Gasteiger partial charge in [-0.05, 0) is 37.3 Å². The molecule has 1 fully saturated rings. The highest BCUT2D eigenvalue weighted by Crippen LogP contribution is 2.34. The van der Waals surface area contributed by atoms with Gasteiger partial charge in [0.2, 0.25) is 0 Å². The highest BCUT2D eigenvalue weighted by atomic mass is 32.1. The lowest BCUT2D eigenvalue weighted by atomic mass is 10.1. The molecule has 1 saturated heterocycles. The van der Waals surface area contributed by atoms with Crippen molar-refractivity contribution >= 4 is 27.3 Å². The Labute approximate surface area is 138 Å². The Hall–Kier alpha value is -2.27. The first-order valence-electron chi connectivity index (χ1n) is 7.80. The van der Waals surface area contributed by atoms with Crippen LogP contribution in [0.3, 0.4) is 0 Å². The molecule has 5 heteroatoms. The van der Waals surface area contributed by atoms with E-state index in [0.717, 1.165) is 45.7 Å². The summed E-state index contributed by atoms with van der Waals surface area (Å²) < 4.78 is 1.15. The smallest absolute Gasteiger partial charge is 0.264 e. The van der Waals surface area contributed by atoms with Crippen LogP contribution in [-0.2, 0) is 0 Å². The first kappa shape index (κ1) is 14.3. The number of aryl methyl sites for hydroxylation is 1. The highest BCUT2D eigenvalue weighted by molar-refractivity contribution is 7.20. The number of aromatic nitrogens is 2. The SMILES string of the molecule is Cc1cncc(C2CCCN2C(=O)c2cc3ccccc3s2)n1. The summed E-state index contributed by atoms with van der Waals surface area (Å²) in [6.45, 7) is 2.72. The van der Waals surface area contributed by atoms with Crippen molar-refractivity contribution in [3.05, 3.63) is 59.0 Å². The predicted octanol–water partition coefficient (Wildman–Crippen LogP) is 3.98. The number of rotatable bonds is 2. The van der Waals surface area contributed by atoms with Crippen molar-refractivity contribution in [2.24, 2.45) is 0 Å². The maximum Gasteiger partial charge on any atom is 0.264 e. The molecule has 2 aromatic heterocycles. The van der Waals surface area contributed by atoms with Gasteiger partial charge in [-0.3, -0.25) is 14.8 Å². The van der Waals surface area contributed by atoms with Crippen molar-refractivity contribution in [2.45, 2.75) is 25.8 Å². The Bertz CT molecular complexity index is 840. The molecule has 4 rings (SSSR count). The molecule has 116 valence electrons. The minimum absolute atomic E-state index is 0.0418. The van der Waals surface area contributed by atoms with Gasteiger partial charge in [0.25, 0.3) is 5.91 Å². The molecule has 0 radical (unpaired) electrons. The van der Waals surface area contributed by atoms with Crippen LogP contribution in [0, 0.1) is 6.92 Å². The van der Waals surface area contributed by atoms with Crippen LogP contribution in [0.25, 0.3) is 10.1 Å². The number of amides is 1. The van der Waals surface area contributed by atoms with E-state index in [9.17, 15) is 4.79 Å². The summed E-state index contributed by atoms with van der Waals surface area (Å²) in [5.74, 6) is 0.108. The van der Waals surface area contributed by atoms with E-state index in [-0.39, 0.29) is 11.9 Å². The second kappa shape index (κ2) is 5.74. The lowest BCUT2D eigenvalue weighted by Crippen LogP contribution is -2.30. The molecule has 1 aliphatic heterocycles. The summed E-state index contributed by atoms with van der Waals surface area (Å²) >= 11 is 1.57. The molecule has 1 unspecified atom stereocenters. The molecule has 3 heterocycles. The van der Waals surface area contributed by atoms with E-state index < -0.39 is 0 Å². The van der Waals surface area contributed by atoms with Gasteiger partial charge in [-0.25, -0.2) is 0 Å². The fourth-order valence-electron chi connectivity index (χ4n) is 3.19. The summed E-state index contributed by atoms with van der Waals surface area (Å²) in [4.78, 5) is 24.5. The minimum Gasteiger partial charge on any atom is -0.329 e. The average molecular weight is 323 g/mol. The minimum atomic E-state index is 0.0418. The number of benzene rings is 1. The molecule has 23 heavy (non-hydrogen) atoms. The van der Waals surface area contributed by atoms with Crippen LogP contribution in [-0.4, -0.2) is 27.3 Å². The number of hydrogen-bond acceptors (Lipinski definition) is 4. The molecule has 0 spiro atoms. The third-order valence-corrected chi connectivity index (χ3v) is 5.37. The maximum absolute atomic E-state index is 13.0. The largest absolute Gasteiger partial charge is 0.329 e. The molecule has 0 N–H and O–H groups in total. The van der Waals surface area contributed by atoms with Crippen molar-refractivity contribution in [3.63, 3.8) is 0 Å². The predicted molar refractivity (Wildman–Crippen MR) is 91.6 cm³/mol. The first-order chi connectivity index (χ1) is 11.2. The number of carbonyl (C=O) groups is 1. The number of carbonyl (C=O) groups excluding carboxylic acids is 1. The zero-order valence-electron chi connectivity index (χ0n) is 12.9. The number of nitrogens with zero attached hydrogens (tertiary/aromatic N) is 3. The molecule has 1 atom stereocenters. The van der Waals surface area contributed by atoms with Crippen LogP contribution in [0.15, 0.2) is 42.7 Å². The Morgan fingerprint density at radius 2 is 2.17 bits per heavy atom. The van der Waals surface area contributed by atoms with E-state index in [1.807, 2.05) is 30.0 Å². The summed E-state index contributed by atoms with van der Waals surface area (Å²) in [6, 6.07) is 10.2. The average Bonchev–Trinajstić information content (AvgIpc) is 3.21. The third kappa shape index (κ3) is 2.61. The molecule has 1 amide bonds. The quantitative estimate of drug-likeness (QED) is 0.716. The standard InChI is InChI=1S/C18H17N3OS/c1-12-10-19-11-14(20-12)15-6-4-8-21(15)18(22)17-9-13-5-2-3-7-16(13)23-17/h2-3,5,7,9-11,15H,4,6,8H2,1H3. The van der Waals surface area contributed by atoms with Crippen LogP contribution in [0.2, 0.25) is 0 Å². The van der Waals surface area contributed by atoms with Crippen molar-refractivity contribution < 1.29 is 4.79 Å². The monoisotopic (exact) mass is 323 g/mol. The van der Waals surface area contributed by atoms with Crippen LogP contribution >= 0.6 is 11.3 Å². The second-order valence-corrected chi connectivity index (χ2v) is 6.97. The highest BCUT2D eigenvalue weighted by Gasteiger charge is 2.32. The van der Waals surface area contributed by atoms with Crippen molar-refractivity contribution in [2.75, 3.05) is 6.54 Å². The summed E-state index contributed by atoms with van der Waals surface area (Å²) in [5.41, 5.74) is 1.79. The zero-order valence-corrected chi connectivity index (χ0v) is 13.7. The van der Waals surface area contributed by atoms with Crippen LogP contribution < -0.4 is 0 Å². The molecule has 0 aliphatic carbocycles. The molecule has 0 bridgehead atoms. The van der Waals surface area contributed by atoms with E-state index in [1.54, 1.807) is 23.7 Å². The maximum atomic E-state index is 13.0. The lowest BCUT2D eigenvalue weighted by Gasteiger charge is -2.23. The number of thiophene rings is 1. The first-order valence-corrected chi connectivity index (χ1v) is 8.62. The Kier molecular flexibility index (Phi) is 3.58. The topological polar surface area (TPSA) is 46.1 Å². The normalized spacial score (nSPS) is 17.8. The van der Waals surface area contributed by atoms with Gasteiger partial charge in [0, 0.05) is 17.4 Å². The van der Waals surface area contributed by atoms with E-state index >= 15 is 0 Å². The van der Waals surface area contributed by atoms with Gasteiger partial charge < -0.3 is 4.90 Å². The van der Waals surface area contributed by atoms with E-state index in [0.29, 0.717) is 0 Å². The molecule has 4 nitrogen and oxygen atoms in total. The van der Waals surface area contributed by atoms with Crippen molar-refractivity contribution in [3.8, 4) is 0 Å². The Morgan fingerprint density at radius 1 is 1.30 bits per heavy atom. The van der Waals surface area contributed by atoms with Gasteiger partial charge in [-0.15, -0.1) is 11.3 Å². The van der Waals surface area contributed by atoms with Gasteiger partial charge in [0.1, 0.15) is 0 Å². The summed E-state index contributed by atoms with van der Waals surface area (Å²) in [6.07, 6.45) is 5.50. The third-order valence-electron chi connectivity index (χ3n) is 4.27. The van der Waals surface area contributed by atoms with Gasteiger partial charge in [0.15, 0.2) is 0 Å². The molecule has 3 aromatic rings. The van der Waals surface area contributed by atoms with E-state index in [2.05, 4.69) is 22.1 Å². The fourth-order valence-corrected chi connectivity index (χ4v) is 4.21. The number of hydrogen-bond donors (Lipinski definition) is 0. The fraction of sp³-hybridized carbons (Fsp3) is 0.278. The molecule has 1 aliphatic rings. The van der Waals surface area contributed by atoms with Crippen LogP contribution in [0.1, 0.15) is 39.9 Å². The Morgan fingerprint density at radius 3 is 3.00 bits per heavy atom. The molecule has 0 saturated carbocycles. The molecular weight excluding hydrogens is 306 g/mol. The number of likely N-dealkylation sites (tertiary alicyclic amines) is 1. The summed E-state index contributed by atoms with van der Waals surface area (Å²) in [5, 5.41) is 1.13. The van der Waals surface area contributed by atoms with E-state index in [4.69, 9.17) is 0 Å². The van der Waals surface area contributed by atoms with Crippen molar-refractivity contribution in [1.29, 1.82) is 0 Å². The van der Waals surface area contributed by atoms with Crippen LogP contribution in [0.4, 0.5) is 0 Å². The molecular formula is C18H17N3OS. The second-order valence-electron chi connectivity index (χ2n) is 5.89.